The van der Waals surface area contributed by atoms with E-state index in [9.17, 15) is 9.59 Å². The molecule has 0 aliphatic rings. The molecule has 3 nitrogen and oxygen atoms in total. The molecule has 0 bridgehead atoms. The quantitative estimate of drug-likeness (QED) is 0.669. The highest BCUT2D eigenvalue weighted by atomic mass is 16.1. The number of hydrogen-bond donors (Lipinski definition) is 1. The first-order valence-corrected chi connectivity index (χ1v) is 6.56. The molecule has 0 saturated carbocycles. The summed E-state index contributed by atoms with van der Waals surface area (Å²) in [4.78, 5) is 24.5. The number of benzene rings is 2. The number of nitrogens with two attached hydrogens (primary N) is 1. The topological polar surface area (TPSA) is 60.2 Å². The summed E-state index contributed by atoms with van der Waals surface area (Å²) in [5.74, 6) is -0.998. The molecule has 1 unspecified atom stereocenters. The second-order valence-corrected chi connectivity index (χ2v) is 4.72. The van der Waals surface area contributed by atoms with E-state index in [1.807, 2.05) is 18.2 Å². The predicted molar refractivity (Wildman–Crippen MR) is 78.6 cm³/mol. The predicted octanol–water partition coefficient (Wildman–Crippen LogP) is 2.85. The fraction of sp³-hybridized carbons (Fsp3) is 0.176. The molecule has 0 aliphatic carbocycles. The Kier molecular flexibility index (Phi) is 4.43. The standard InChI is InChI=1S/C17H17NO2/c1-12(16(19)14-5-3-2-4-6-14)17(20)15-9-7-13(11-18)8-10-15/h2-10,12H,11,18H2,1H3. The van der Waals surface area contributed by atoms with Gasteiger partial charge in [0.15, 0.2) is 11.6 Å². The summed E-state index contributed by atoms with van der Waals surface area (Å²) < 4.78 is 0. The number of rotatable bonds is 5. The van der Waals surface area contributed by atoms with E-state index in [0.29, 0.717) is 17.7 Å². The Bertz CT molecular complexity index is 603. The fourth-order valence-corrected chi connectivity index (χ4v) is 2.03. The molecule has 2 N–H and O–H groups in total. The molecule has 0 heterocycles. The van der Waals surface area contributed by atoms with E-state index in [-0.39, 0.29) is 11.6 Å². The average Bonchev–Trinajstić information content (AvgIpc) is 2.53. The summed E-state index contributed by atoms with van der Waals surface area (Å²) in [7, 11) is 0. The van der Waals surface area contributed by atoms with Crippen molar-refractivity contribution < 1.29 is 9.59 Å². The van der Waals surface area contributed by atoms with Crippen LogP contribution in [-0.2, 0) is 6.54 Å². The molecule has 2 aromatic carbocycles. The third-order valence-corrected chi connectivity index (χ3v) is 3.32. The zero-order chi connectivity index (χ0) is 14.5. The molecule has 0 aromatic heterocycles. The van der Waals surface area contributed by atoms with Gasteiger partial charge in [0.25, 0.3) is 0 Å². The van der Waals surface area contributed by atoms with E-state index >= 15 is 0 Å². The minimum absolute atomic E-state index is 0.154. The normalized spacial score (nSPS) is 11.9. The molecule has 0 radical (unpaired) electrons. The van der Waals surface area contributed by atoms with Gasteiger partial charge in [-0.3, -0.25) is 9.59 Å². The zero-order valence-electron chi connectivity index (χ0n) is 11.4. The van der Waals surface area contributed by atoms with Crippen molar-refractivity contribution in [3.8, 4) is 0 Å². The monoisotopic (exact) mass is 267 g/mol. The molecule has 0 saturated heterocycles. The smallest absolute Gasteiger partial charge is 0.173 e. The Labute approximate surface area is 118 Å². The Morgan fingerprint density at radius 1 is 0.900 bits per heavy atom. The second-order valence-electron chi connectivity index (χ2n) is 4.72. The van der Waals surface area contributed by atoms with Crippen LogP contribution in [0.5, 0.6) is 0 Å². The van der Waals surface area contributed by atoms with Crippen LogP contribution in [0, 0.1) is 5.92 Å². The third kappa shape index (κ3) is 3.00. The Hall–Kier alpha value is -2.26. The molecule has 2 aromatic rings. The van der Waals surface area contributed by atoms with E-state index in [0.717, 1.165) is 5.56 Å². The van der Waals surface area contributed by atoms with Crippen molar-refractivity contribution in [3.05, 3.63) is 71.3 Å². The van der Waals surface area contributed by atoms with Crippen molar-refractivity contribution >= 4 is 11.6 Å². The van der Waals surface area contributed by atoms with Crippen LogP contribution in [0.1, 0.15) is 33.2 Å². The molecule has 0 spiro atoms. The summed E-state index contributed by atoms with van der Waals surface area (Å²) >= 11 is 0. The van der Waals surface area contributed by atoms with E-state index in [1.54, 1.807) is 43.3 Å². The van der Waals surface area contributed by atoms with Crippen molar-refractivity contribution in [3.63, 3.8) is 0 Å². The molecule has 0 amide bonds. The molecule has 3 heteroatoms. The number of Topliss-reactive ketones (excluding diaryl/α,β-unsaturated/α-hetero) is 2. The SMILES string of the molecule is CC(C(=O)c1ccccc1)C(=O)c1ccc(CN)cc1. The molecular formula is C17H17NO2. The van der Waals surface area contributed by atoms with Gasteiger partial charge in [-0.1, -0.05) is 54.6 Å². The highest BCUT2D eigenvalue weighted by Gasteiger charge is 2.23. The van der Waals surface area contributed by atoms with Crippen LogP contribution in [0.2, 0.25) is 0 Å². The minimum Gasteiger partial charge on any atom is -0.326 e. The largest absolute Gasteiger partial charge is 0.326 e. The summed E-state index contributed by atoms with van der Waals surface area (Å²) in [6.45, 7) is 2.08. The van der Waals surface area contributed by atoms with E-state index in [2.05, 4.69) is 0 Å². The number of carbonyl (C=O) groups is 2. The number of ketones is 2. The summed E-state index contributed by atoms with van der Waals surface area (Å²) in [5.41, 5.74) is 7.59. The highest BCUT2D eigenvalue weighted by molar-refractivity contribution is 6.15. The molecular weight excluding hydrogens is 250 g/mol. The van der Waals surface area contributed by atoms with Gasteiger partial charge in [-0.25, -0.2) is 0 Å². The Balaban J connectivity index is 2.17. The van der Waals surface area contributed by atoms with Crippen LogP contribution in [0.15, 0.2) is 54.6 Å². The molecule has 102 valence electrons. The molecule has 20 heavy (non-hydrogen) atoms. The first-order valence-electron chi connectivity index (χ1n) is 6.56. The van der Waals surface area contributed by atoms with Crippen LogP contribution in [0.4, 0.5) is 0 Å². The highest BCUT2D eigenvalue weighted by Crippen LogP contribution is 2.15. The van der Waals surface area contributed by atoms with Crippen LogP contribution in [0.25, 0.3) is 0 Å². The van der Waals surface area contributed by atoms with Crippen LogP contribution in [0.3, 0.4) is 0 Å². The second kappa shape index (κ2) is 6.26. The fourth-order valence-electron chi connectivity index (χ4n) is 2.03. The van der Waals surface area contributed by atoms with Gasteiger partial charge in [-0.2, -0.15) is 0 Å². The molecule has 0 aliphatic heterocycles. The molecule has 0 fully saturated rings. The van der Waals surface area contributed by atoms with E-state index < -0.39 is 5.92 Å². The van der Waals surface area contributed by atoms with Gasteiger partial charge in [-0.05, 0) is 12.5 Å². The lowest BCUT2D eigenvalue weighted by Crippen LogP contribution is -2.21. The first kappa shape index (κ1) is 14.2. The van der Waals surface area contributed by atoms with Gasteiger partial charge in [-0.15, -0.1) is 0 Å². The van der Waals surface area contributed by atoms with Gasteiger partial charge in [0.2, 0.25) is 0 Å². The van der Waals surface area contributed by atoms with Crippen molar-refractivity contribution in [1.29, 1.82) is 0 Å². The molecule has 2 rings (SSSR count). The maximum atomic E-state index is 12.3. The lowest BCUT2D eigenvalue weighted by Gasteiger charge is -2.10. The van der Waals surface area contributed by atoms with E-state index in [4.69, 9.17) is 5.73 Å². The van der Waals surface area contributed by atoms with Crippen LogP contribution in [-0.4, -0.2) is 11.6 Å². The van der Waals surface area contributed by atoms with Gasteiger partial charge >= 0.3 is 0 Å². The van der Waals surface area contributed by atoms with Crippen molar-refractivity contribution in [2.24, 2.45) is 11.7 Å². The number of hydrogen-bond acceptors (Lipinski definition) is 3. The zero-order valence-corrected chi connectivity index (χ0v) is 11.4. The molecule has 1 atom stereocenters. The van der Waals surface area contributed by atoms with Gasteiger partial charge in [0, 0.05) is 17.7 Å². The summed E-state index contributed by atoms with van der Waals surface area (Å²) in [6.07, 6.45) is 0. The van der Waals surface area contributed by atoms with Gasteiger partial charge in [0.1, 0.15) is 0 Å². The Morgan fingerprint density at radius 3 is 1.90 bits per heavy atom. The van der Waals surface area contributed by atoms with Crippen molar-refractivity contribution in [1.82, 2.24) is 0 Å². The lowest BCUT2D eigenvalue weighted by atomic mass is 9.91. The Morgan fingerprint density at radius 2 is 1.40 bits per heavy atom. The third-order valence-electron chi connectivity index (χ3n) is 3.32. The first-order chi connectivity index (χ1) is 9.63. The lowest BCUT2D eigenvalue weighted by molar-refractivity contribution is 0.0821. The van der Waals surface area contributed by atoms with Gasteiger partial charge in [0.05, 0.1) is 5.92 Å². The average molecular weight is 267 g/mol. The maximum Gasteiger partial charge on any atom is 0.173 e. The van der Waals surface area contributed by atoms with E-state index in [1.165, 1.54) is 0 Å². The minimum atomic E-state index is -0.680. The summed E-state index contributed by atoms with van der Waals surface area (Å²) in [5, 5.41) is 0. The maximum absolute atomic E-state index is 12.3. The van der Waals surface area contributed by atoms with Crippen LogP contribution >= 0.6 is 0 Å². The number of carbonyl (C=O) groups excluding carboxylic acids is 2. The van der Waals surface area contributed by atoms with Crippen LogP contribution < -0.4 is 5.73 Å². The van der Waals surface area contributed by atoms with Crippen molar-refractivity contribution in [2.75, 3.05) is 0 Å². The van der Waals surface area contributed by atoms with Crippen molar-refractivity contribution in [2.45, 2.75) is 13.5 Å². The summed E-state index contributed by atoms with van der Waals surface area (Å²) in [6, 6.07) is 15.9. The van der Waals surface area contributed by atoms with Gasteiger partial charge < -0.3 is 5.73 Å².